The van der Waals surface area contributed by atoms with Crippen LogP contribution in [0.1, 0.15) is 70.6 Å². The van der Waals surface area contributed by atoms with Crippen molar-refractivity contribution in [2.24, 2.45) is 0 Å². The van der Waals surface area contributed by atoms with Crippen molar-refractivity contribution in [1.29, 1.82) is 0 Å². The Morgan fingerprint density at radius 2 is 1.57 bits per heavy atom. The first kappa shape index (κ1) is 17.1. The van der Waals surface area contributed by atoms with Crippen LogP contribution in [0.5, 0.6) is 0 Å². The van der Waals surface area contributed by atoms with Gasteiger partial charge in [-0.25, -0.2) is 0 Å². The van der Waals surface area contributed by atoms with E-state index in [1.54, 1.807) is 0 Å². The molecule has 0 radical (unpaired) electrons. The number of amides is 1. The van der Waals surface area contributed by atoms with Crippen molar-refractivity contribution in [2.45, 2.75) is 80.9 Å². The van der Waals surface area contributed by atoms with E-state index in [2.05, 4.69) is 16.9 Å². The molecule has 0 heterocycles. The maximum atomic E-state index is 12.4. The summed E-state index contributed by atoms with van der Waals surface area (Å²) >= 11 is 1.96. The molecule has 2 aliphatic rings. The van der Waals surface area contributed by atoms with E-state index in [9.17, 15) is 4.79 Å². The van der Waals surface area contributed by atoms with Crippen LogP contribution < -0.4 is 10.6 Å². The molecule has 0 aromatic heterocycles. The number of nitrogens with one attached hydrogen (secondary N) is 2. The zero-order valence-corrected chi connectivity index (χ0v) is 14.6. The molecule has 0 aromatic rings. The molecule has 2 saturated carbocycles. The monoisotopic (exact) mass is 312 g/mol. The van der Waals surface area contributed by atoms with E-state index in [-0.39, 0.29) is 11.4 Å². The largest absolute Gasteiger partial charge is 0.355 e. The average Bonchev–Trinajstić information content (AvgIpc) is 2.55. The lowest BCUT2D eigenvalue weighted by atomic mass is 9.79. The fraction of sp³-hybridized carbons (Fsp3) is 0.941. The number of rotatable bonds is 6. The third-order valence-electron chi connectivity index (χ3n) is 5.65. The smallest absolute Gasteiger partial charge is 0.221 e. The van der Waals surface area contributed by atoms with Gasteiger partial charge in [0.2, 0.25) is 5.91 Å². The fourth-order valence-electron chi connectivity index (χ4n) is 4.02. The van der Waals surface area contributed by atoms with Gasteiger partial charge in [-0.1, -0.05) is 38.5 Å². The maximum absolute atomic E-state index is 12.4. The highest BCUT2D eigenvalue weighted by Gasteiger charge is 2.35. The Kier molecular flexibility index (Phi) is 6.42. The lowest BCUT2D eigenvalue weighted by Gasteiger charge is -2.38. The van der Waals surface area contributed by atoms with Gasteiger partial charge in [0.1, 0.15) is 0 Å². The summed E-state index contributed by atoms with van der Waals surface area (Å²) in [5.74, 6) is 0.241. The predicted octanol–water partition coefficient (Wildman–Crippen LogP) is 3.48. The molecular weight excluding hydrogens is 280 g/mol. The zero-order chi connectivity index (χ0) is 15.2. The van der Waals surface area contributed by atoms with Gasteiger partial charge in [-0.05, 0) is 39.0 Å². The number of carbonyl (C=O) groups is 1. The number of hydrogen-bond acceptors (Lipinski definition) is 3. The molecule has 2 rings (SSSR count). The van der Waals surface area contributed by atoms with Gasteiger partial charge in [-0.2, -0.15) is 11.8 Å². The van der Waals surface area contributed by atoms with E-state index in [4.69, 9.17) is 0 Å². The number of carbonyl (C=O) groups excluding carboxylic acids is 1. The number of hydrogen-bond donors (Lipinski definition) is 2. The molecule has 0 bridgehead atoms. The van der Waals surface area contributed by atoms with Gasteiger partial charge in [0, 0.05) is 23.3 Å². The minimum Gasteiger partial charge on any atom is -0.355 e. The van der Waals surface area contributed by atoms with Crippen molar-refractivity contribution in [3.63, 3.8) is 0 Å². The van der Waals surface area contributed by atoms with Crippen LogP contribution in [0.2, 0.25) is 0 Å². The van der Waals surface area contributed by atoms with Crippen LogP contribution in [0.25, 0.3) is 0 Å². The van der Waals surface area contributed by atoms with Gasteiger partial charge in [0.05, 0.1) is 0 Å². The molecule has 0 aliphatic heterocycles. The van der Waals surface area contributed by atoms with Gasteiger partial charge in [-0.3, -0.25) is 4.79 Å². The van der Waals surface area contributed by atoms with Crippen LogP contribution in [0.15, 0.2) is 0 Å². The van der Waals surface area contributed by atoms with E-state index in [0.29, 0.717) is 11.2 Å². The van der Waals surface area contributed by atoms with E-state index >= 15 is 0 Å². The van der Waals surface area contributed by atoms with Crippen molar-refractivity contribution < 1.29 is 4.79 Å². The van der Waals surface area contributed by atoms with Gasteiger partial charge in [0.25, 0.3) is 0 Å². The van der Waals surface area contributed by atoms with E-state index in [1.807, 2.05) is 18.8 Å². The highest BCUT2D eigenvalue weighted by Crippen LogP contribution is 2.38. The predicted molar refractivity (Wildman–Crippen MR) is 91.8 cm³/mol. The molecule has 4 heteroatoms. The molecule has 21 heavy (non-hydrogen) atoms. The van der Waals surface area contributed by atoms with Gasteiger partial charge in [0.15, 0.2) is 0 Å². The van der Waals surface area contributed by atoms with Crippen LogP contribution in [0, 0.1) is 0 Å². The van der Waals surface area contributed by atoms with Crippen molar-refractivity contribution in [1.82, 2.24) is 10.6 Å². The molecule has 1 amide bonds. The Labute approximate surface area is 134 Å². The average molecular weight is 313 g/mol. The molecular formula is C17H32N2OS. The summed E-state index contributed by atoms with van der Waals surface area (Å²) in [6.45, 7) is 0.854. The summed E-state index contributed by atoms with van der Waals surface area (Å²) in [5.41, 5.74) is 0.0570. The fourth-order valence-corrected chi connectivity index (χ4v) is 4.94. The second kappa shape index (κ2) is 7.87. The van der Waals surface area contributed by atoms with Crippen molar-refractivity contribution in [3.05, 3.63) is 0 Å². The third-order valence-corrected chi connectivity index (χ3v) is 7.06. The van der Waals surface area contributed by atoms with Crippen molar-refractivity contribution in [3.8, 4) is 0 Å². The second-order valence-corrected chi connectivity index (χ2v) is 8.27. The molecule has 0 aromatic carbocycles. The minimum absolute atomic E-state index is 0.0570. The summed E-state index contributed by atoms with van der Waals surface area (Å²) in [5, 5.41) is 6.69. The quantitative estimate of drug-likeness (QED) is 0.789. The normalized spacial score (nSPS) is 24.5. The molecule has 122 valence electrons. The first-order valence-corrected chi connectivity index (χ1v) is 9.87. The van der Waals surface area contributed by atoms with Crippen LogP contribution in [-0.4, -0.2) is 36.0 Å². The van der Waals surface area contributed by atoms with Crippen LogP contribution in [0.4, 0.5) is 0 Å². The Bertz CT molecular complexity index is 334. The summed E-state index contributed by atoms with van der Waals surface area (Å²) in [7, 11) is 2.02. The van der Waals surface area contributed by atoms with Gasteiger partial charge in [-0.15, -0.1) is 0 Å². The highest BCUT2D eigenvalue weighted by molar-refractivity contribution is 8.00. The van der Waals surface area contributed by atoms with Crippen molar-refractivity contribution >= 4 is 17.7 Å². The molecule has 2 aliphatic carbocycles. The summed E-state index contributed by atoms with van der Waals surface area (Å²) in [6, 6.07) is 0. The van der Waals surface area contributed by atoms with Crippen LogP contribution in [0.3, 0.4) is 0 Å². The first-order valence-electron chi connectivity index (χ1n) is 8.64. The first-order chi connectivity index (χ1) is 10.1. The summed E-state index contributed by atoms with van der Waals surface area (Å²) in [4.78, 5) is 12.4. The Morgan fingerprint density at radius 1 is 1.00 bits per heavy atom. The molecule has 2 N–H and O–H groups in total. The third kappa shape index (κ3) is 4.62. The van der Waals surface area contributed by atoms with Crippen molar-refractivity contribution in [2.75, 3.05) is 19.8 Å². The molecule has 2 fully saturated rings. The lowest BCUT2D eigenvalue weighted by Crippen LogP contribution is -2.50. The van der Waals surface area contributed by atoms with E-state index in [1.165, 1.54) is 51.4 Å². The molecule has 3 nitrogen and oxygen atoms in total. The SMILES string of the molecule is CNC1(CC(=O)NCC2(SC)CCCCC2)CCCCC1. The highest BCUT2D eigenvalue weighted by atomic mass is 32.2. The minimum atomic E-state index is 0.0570. The Balaban J connectivity index is 1.83. The van der Waals surface area contributed by atoms with E-state index < -0.39 is 0 Å². The maximum Gasteiger partial charge on any atom is 0.221 e. The number of thioether (sulfide) groups is 1. The van der Waals surface area contributed by atoms with Crippen LogP contribution >= 0.6 is 11.8 Å². The second-order valence-electron chi connectivity index (χ2n) is 6.99. The zero-order valence-electron chi connectivity index (χ0n) is 13.8. The topological polar surface area (TPSA) is 41.1 Å². The lowest BCUT2D eigenvalue weighted by molar-refractivity contribution is -0.123. The summed E-state index contributed by atoms with van der Waals surface area (Å²) in [6.07, 6.45) is 15.5. The molecule has 0 saturated heterocycles. The summed E-state index contributed by atoms with van der Waals surface area (Å²) < 4.78 is 0.299. The standard InChI is InChI=1S/C17H32N2OS/c1-18-16(9-5-3-6-10-16)13-15(20)19-14-17(21-2)11-7-4-8-12-17/h18H,3-14H2,1-2H3,(H,19,20). The molecule has 0 atom stereocenters. The van der Waals surface area contributed by atoms with Crippen LogP contribution in [-0.2, 0) is 4.79 Å². The van der Waals surface area contributed by atoms with Gasteiger partial charge >= 0.3 is 0 Å². The Morgan fingerprint density at radius 3 is 2.10 bits per heavy atom. The van der Waals surface area contributed by atoms with E-state index in [0.717, 1.165) is 19.4 Å². The van der Waals surface area contributed by atoms with Gasteiger partial charge < -0.3 is 10.6 Å². The Hall–Kier alpha value is -0.220. The molecule has 0 spiro atoms. The molecule has 0 unspecified atom stereocenters.